The second-order valence-electron chi connectivity index (χ2n) is 3.87. The third kappa shape index (κ3) is 3.88. The molecule has 0 aliphatic rings. The highest BCUT2D eigenvalue weighted by Gasteiger charge is 2.03. The molecule has 1 atom stereocenters. The Morgan fingerprint density at radius 2 is 1.87 bits per heavy atom. The fraction of sp³-hybridized carbons (Fsp3) is 0.429. The average molecular weight is 203 g/mol. The highest BCUT2D eigenvalue weighted by atomic mass is 14.6. The molecule has 15 heavy (non-hydrogen) atoms. The molecule has 0 saturated carbocycles. The van der Waals surface area contributed by atoms with E-state index < -0.39 is 0 Å². The Labute approximate surface area is 93.0 Å². The molecule has 0 aliphatic heterocycles. The maximum Gasteiger partial charge on any atom is 0.0294 e. The highest BCUT2D eigenvalue weighted by Crippen LogP contribution is 2.16. The van der Waals surface area contributed by atoms with Crippen molar-refractivity contribution in [1.82, 2.24) is 0 Å². The van der Waals surface area contributed by atoms with E-state index in [0.717, 1.165) is 19.3 Å². The van der Waals surface area contributed by atoms with Crippen LogP contribution in [0.25, 0.3) is 6.08 Å². The van der Waals surface area contributed by atoms with Crippen molar-refractivity contribution in [2.75, 3.05) is 0 Å². The predicted molar refractivity (Wildman–Crippen MR) is 67.6 cm³/mol. The van der Waals surface area contributed by atoms with E-state index in [0.29, 0.717) is 0 Å². The molecule has 1 nitrogen and oxygen atoms in total. The van der Waals surface area contributed by atoms with Crippen LogP contribution in [0.2, 0.25) is 0 Å². The van der Waals surface area contributed by atoms with E-state index in [4.69, 9.17) is 5.73 Å². The fourth-order valence-electron chi connectivity index (χ4n) is 1.59. The lowest BCUT2D eigenvalue weighted by Gasteiger charge is -2.10. The van der Waals surface area contributed by atoms with Gasteiger partial charge in [0.15, 0.2) is 0 Å². The fourth-order valence-corrected chi connectivity index (χ4v) is 1.59. The molecule has 0 saturated heterocycles. The van der Waals surface area contributed by atoms with Crippen molar-refractivity contribution in [3.63, 3.8) is 0 Å². The molecule has 0 spiro atoms. The van der Waals surface area contributed by atoms with Crippen LogP contribution < -0.4 is 5.73 Å². The first-order chi connectivity index (χ1) is 7.27. The van der Waals surface area contributed by atoms with E-state index in [1.807, 2.05) is 0 Å². The number of benzene rings is 1. The average Bonchev–Trinajstić information content (AvgIpc) is 2.27. The van der Waals surface area contributed by atoms with E-state index in [1.54, 1.807) is 0 Å². The molecule has 0 aromatic heterocycles. The van der Waals surface area contributed by atoms with Crippen molar-refractivity contribution in [2.45, 2.75) is 39.2 Å². The smallest absolute Gasteiger partial charge is 0.0294 e. The lowest BCUT2D eigenvalue weighted by molar-refractivity contribution is 0.638. The highest BCUT2D eigenvalue weighted by molar-refractivity contribution is 5.49. The van der Waals surface area contributed by atoms with Crippen molar-refractivity contribution in [3.05, 3.63) is 41.5 Å². The molecule has 1 unspecified atom stereocenters. The first-order valence-corrected chi connectivity index (χ1v) is 5.80. The predicted octanol–water partition coefficient (Wildman–Crippen LogP) is 3.91. The Bertz CT molecular complexity index is 298. The summed E-state index contributed by atoms with van der Waals surface area (Å²) in [6.07, 6.45) is 7.59. The standard InChI is InChI=1S/C14H21N/c1-3-5-7-12-8-10-13(11-9-12)14(15)6-4-2/h5,7-11,14H,3-4,6,15H2,1-2H3/b7-5-. The van der Waals surface area contributed by atoms with Gasteiger partial charge in [-0.25, -0.2) is 0 Å². The third-order valence-electron chi connectivity index (χ3n) is 2.51. The molecular formula is C14H21N. The van der Waals surface area contributed by atoms with Gasteiger partial charge in [-0.15, -0.1) is 0 Å². The molecule has 0 aliphatic carbocycles. The molecule has 2 N–H and O–H groups in total. The first kappa shape index (κ1) is 12.0. The Morgan fingerprint density at radius 3 is 2.40 bits per heavy atom. The van der Waals surface area contributed by atoms with Gasteiger partial charge in [0.25, 0.3) is 0 Å². The Hall–Kier alpha value is -1.08. The minimum Gasteiger partial charge on any atom is -0.324 e. The van der Waals surface area contributed by atoms with E-state index in [2.05, 4.69) is 50.3 Å². The van der Waals surface area contributed by atoms with Crippen LogP contribution in [0, 0.1) is 0 Å². The van der Waals surface area contributed by atoms with Gasteiger partial charge in [-0.3, -0.25) is 0 Å². The maximum atomic E-state index is 6.04. The lowest BCUT2D eigenvalue weighted by atomic mass is 10.0. The SMILES string of the molecule is CC/C=C\c1ccc(C(N)CCC)cc1. The van der Waals surface area contributed by atoms with Gasteiger partial charge in [-0.05, 0) is 24.0 Å². The Morgan fingerprint density at radius 1 is 1.20 bits per heavy atom. The van der Waals surface area contributed by atoms with Gasteiger partial charge in [0.1, 0.15) is 0 Å². The maximum absolute atomic E-state index is 6.04. The van der Waals surface area contributed by atoms with Crippen molar-refractivity contribution >= 4 is 6.08 Å². The summed E-state index contributed by atoms with van der Waals surface area (Å²) in [5.74, 6) is 0. The van der Waals surface area contributed by atoms with Crippen molar-refractivity contribution in [3.8, 4) is 0 Å². The quantitative estimate of drug-likeness (QED) is 0.771. The molecule has 1 rings (SSSR count). The zero-order chi connectivity index (χ0) is 11.1. The number of rotatable bonds is 5. The van der Waals surface area contributed by atoms with Crippen molar-refractivity contribution in [1.29, 1.82) is 0 Å². The molecule has 1 heteroatoms. The summed E-state index contributed by atoms with van der Waals surface area (Å²) < 4.78 is 0. The van der Waals surface area contributed by atoms with E-state index >= 15 is 0 Å². The van der Waals surface area contributed by atoms with Gasteiger partial charge in [0, 0.05) is 6.04 Å². The normalized spacial score (nSPS) is 13.3. The number of allylic oxidation sites excluding steroid dienone is 1. The molecule has 0 heterocycles. The molecule has 82 valence electrons. The summed E-state index contributed by atoms with van der Waals surface area (Å²) in [7, 11) is 0. The third-order valence-corrected chi connectivity index (χ3v) is 2.51. The van der Waals surface area contributed by atoms with Crippen LogP contribution in [0.15, 0.2) is 30.3 Å². The Kier molecular flexibility index (Phi) is 5.13. The summed E-state index contributed by atoms with van der Waals surface area (Å²) in [5, 5.41) is 0. The van der Waals surface area contributed by atoms with Crippen LogP contribution in [0.4, 0.5) is 0 Å². The van der Waals surface area contributed by atoms with E-state index in [-0.39, 0.29) is 6.04 Å². The molecular weight excluding hydrogens is 182 g/mol. The molecule has 1 aromatic rings. The van der Waals surface area contributed by atoms with Crippen LogP contribution in [0.3, 0.4) is 0 Å². The zero-order valence-corrected chi connectivity index (χ0v) is 9.74. The van der Waals surface area contributed by atoms with Gasteiger partial charge in [-0.2, -0.15) is 0 Å². The van der Waals surface area contributed by atoms with E-state index in [1.165, 1.54) is 11.1 Å². The van der Waals surface area contributed by atoms with Gasteiger partial charge >= 0.3 is 0 Å². The van der Waals surface area contributed by atoms with Crippen LogP contribution in [0.1, 0.15) is 50.3 Å². The summed E-state index contributed by atoms with van der Waals surface area (Å²) in [6, 6.07) is 8.73. The summed E-state index contributed by atoms with van der Waals surface area (Å²) in [5.41, 5.74) is 8.53. The second kappa shape index (κ2) is 6.41. The largest absolute Gasteiger partial charge is 0.324 e. The molecule has 0 fully saturated rings. The minimum absolute atomic E-state index is 0.194. The lowest BCUT2D eigenvalue weighted by Crippen LogP contribution is -2.09. The molecule has 0 radical (unpaired) electrons. The van der Waals surface area contributed by atoms with Gasteiger partial charge < -0.3 is 5.73 Å². The molecule has 1 aromatic carbocycles. The van der Waals surface area contributed by atoms with Crippen LogP contribution >= 0.6 is 0 Å². The van der Waals surface area contributed by atoms with Gasteiger partial charge in [0.05, 0.1) is 0 Å². The van der Waals surface area contributed by atoms with Crippen LogP contribution in [-0.4, -0.2) is 0 Å². The number of hydrogen-bond donors (Lipinski definition) is 1. The molecule has 0 amide bonds. The van der Waals surface area contributed by atoms with Gasteiger partial charge in [0.2, 0.25) is 0 Å². The number of hydrogen-bond acceptors (Lipinski definition) is 1. The topological polar surface area (TPSA) is 26.0 Å². The van der Waals surface area contributed by atoms with Crippen molar-refractivity contribution in [2.24, 2.45) is 5.73 Å². The number of nitrogens with two attached hydrogens (primary N) is 1. The summed E-state index contributed by atoms with van der Waals surface area (Å²) in [6.45, 7) is 4.31. The van der Waals surface area contributed by atoms with Crippen LogP contribution in [-0.2, 0) is 0 Å². The second-order valence-corrected chi connectivity index (χ2v) is 3.87. The first-order valence-electron chi connectivity index (χ1n) is 5.80. The van der Waals surface area contributed by atoms with E-state index in [9.17, 15) is 0 Å². The monoisotopic (exact) mass is 203 g/mol. The van der Waals surface area contributed by atoms with Crippen molar-refractivity contribution < 1.29 is 0 Å². The molecule has 0 bridgehead atoms. The summed E-state index contributed by atoms with van der Waals surface area (Å²) >= 11 is 0. The van der Waals surface area contributed by atoms with Gasteiger partial charge in [-0.1, -0.05) is 56.7 Å². The van der Waals surface area contributed by atoms with Crippen LogP contribution in [0.5, 0.6) is 0 Å². The Balaban J connectivity index is 2.67. The minimum atomic E-state index is 0.194. The zero-order valence-electron chi connectivity index (χ0n) is 9.74. The summed E-state index contributed by atoms with van der Waals surface area (Å²) in [4.78, 5) is 0.